The predicted molar refractivity (Wildman–Crippen MR) is 66.6 cm³/mol. The molecule has 0 saturated carbocycles. The predicted octanol–water partition coefficient (Wildman–Crippen LogP) is 1.90. The number of hydrogen-bond donors (Lipinski definition) is 1. The fourth-order valence-corrected chi connectivity index (χ4v) is 2.25. The molecule has 17 heavy (non-hydrogen) atoms. The van der Waals surface area contributed by atoms with Gasteiger partial charge >= 0.3 is 0 Å². The maximum Gasteiger partial charge on any atom is 0.164 e. The highest BCUT2D eigenvalue weighted by molar-refractivity contribution is 5.65. The molecule has 2 rings (SSSR count). The van der Waals surface area contributed by atoms with Crippen molar-refractivity contribution < 1.29 is 5.11 Å². The molecule has 0 atom stereocenters. The molecule has 0 unspecified atom stereocenters. The van der Waals surface area contributed by atoms with Crippen molar-refractivity contribution in [2.75, 3.05) is 0 Å². The minimum atomic E-state index is -0.0898. The highest BCUT2D eigenvalue weighted by Gasteiger charge is 2.14. The maximum atomic E-state index is 9.14. The van der Waals surface area contributed by atoms with Gasteiger partial charge in [-0.15, -0.1) is 10.2 Å². The summed E-state index contributed by atoms with van der Waals surface area (Å²) in [6.07, 6.45) is 0. The molecule has 0 amide bonds. The zero-order chi connectivity index (χ0) is 12.6. The second-order valence-electron chi connectivity index (χ2n) is 4.43. The first-order chi connectivity index (χ1) is 8.04. The summed E-state index contributed by atoms with van der Waals surface area (Å²) in [5.74, 6) is 1.39. The van der Waals surface area contributed by atoms with Crippen LogP contribution in [0.2, 0.25) is 0 Å². The van der Waals surface area contributed by atoms with Gasteiger partial charge in [0, 0.05) is 12.6 Å². The highest BCUT2D eigenvalue weighted by Crippen LogP contribution is 2.26. The maximum absolute atomic E-state index is 9.14. The van der Waals surface area contributed by atoms with Crippen LogP contribution in [0.1, 0.15) is 22.5 Å². The van der Waals surface area contributed by atoms with Crippen LogP contribution in [-0.4, -0.2) is 19.9 Å². The van der Waals surface area contributed by atoms with Crippen LogP contribution in [-0.2, 0) is 13.7 Å². The third-order valence-corrected chi connectivity index (χ3v) is 3.01. The Morgan fingerprint density at radius 2 is 1.71 bits per heavy atom. The van der Waals surface area contributed by atoms with E-state index in [1.54, 1.807) is 0 Å². The molecule has 0 bridgehead atoms. The summed E-state index contributed by atoms with van der Waals surface area (Å²) in [4.78, 5) is 0. The molecule has 1 aromatic heterocycles. The number of rotatable bonds is 2. The Kier molecular flexibility index (Phi) is 2.98. The lowest BCUT2D eigenvalue weighted by atomic mass is 9.99. The van der Waals surface area contributed by atoms with Gasteiger partial charge in [-0.25, -0.2) is 0 Å². The molecule has 4 heteroatoms. The van der Waals surface area contributed by atoms with Crippen LogP contribution in [0.25, 0.3) is 11.4 Å². The third kappa shape index (κ3) is 1.96. The van der Waals surface area contributed by atoms with E-state index in [4.69, 9.17) is 5.11 Å². The monoisotopic (exact) mass is 231 g/mol. The Bertz CT molecular complexity index is 535. The van der Waals surface area contributed by atoms with Crippen molar-refractivity contribution in [3.63, 3.8) is 0 Å². The van der Waals surface area contributed by atoms with Crippen molar-refractivity contribution in [2.24, 2.45) is 7.05 Å². The van der Waals surface area contributed by atoms with Crippen molar-refractivity contribution in [3.8, 4) is 11.4 Å². The number of aliphatic hydroxyl groups excluding tert-OH is 1. The summed E-state index contributed by atoms with van der Waals surface area (Å²) < 4.78 is 1.84. The van der Waals surface area contributed by atoms with E-state index < -0.39 is 0 Å². The molecular weight excluding hydrogens is 214 g/mol. The van der Waals surface area contributed by atoms with Gasteiger partial charge in [0.1, 0.15) is 6.61 Å². The standard InChI is InChI=1S/C13H17N3O/c1-8-5-9(2)12(10(3)6-8)13-15-14-11(7-17)16(13)4/h5-6,17H,7H2,1-4H3. The fourth-order valence-electron chi connectivity index (χ4n) is 2.25. The van der Waals surface area contributed by atoms with E-state index in [0.29, 0.717) is 5.82 Å². The third-order valence-electron chi connectivity index (χ3n) is 3.01. The zero-order valence-electron chi connectivity index (χ0n) is 10.7. The Balaban J connectivity index is 2.64. The minimum Gasteiger partial charge on any atom is -0.388 e. The van der Waals surface area contributed by atoms with E-state index in [2.05, 4.69) is 43.1 Å². The largest absolute Gasteiger partial charge is 0.388 e. The molecule has 1 N–H and O–H groups in total. The van der Waals surface area contributed by atoms with Crippen molar-refractivity contribution in [1.29, 1.82) is 0 Å². The van der Waals surface area contributed by atoms with Gasteiger partial charge < -0.3 is 9.67 Å². The molecule has 0 fully saturated rings. The van der Waals surface area contributed by atoms with Gasteiger partial charge in [-0.1, -0.05) is 17.7 Å². The van der Waals surface area contributed by atoms with Crippen molar-refractivity contribution in [1.82, 2.24) is 14.8 Å². The van der Waals surface area contributed by atoms with E-state index >= 15 is 0 Å². The molecular formula is C13H17N3O. The molecule has 90 valence electrons. The van der Waals surface area contributed by atoms with Gasteiger partial charge in [-0.2, -0.15) is 0 Å². The van der Waals surface area contributed by atoms with Crippen LogP contribution in [0.15, 0.2) is 12.1 Å². The van der Waals surface area contributed by atoms with Crippen LogP contribution < -0.4 is 0 Å². The Morgan fingerprint density at radius 3 is 2.18 bits per heavy atom. The number of nitrogens with zero attached hydrogens (tertiary/aromatic N) is 3. The van der Waals surface area contributed by atoms with E-state index in [9.17, 15) is 0 Å². The van der Waals surface area contributed by atoms with Crippen LogP contribution >= 0.6 is 0 Å². The Labute approximate surface area is 101 Å². The zero-order valence-corrected chi connectivity index (χ0v) is 10.7. The molecule has 0 aliphatic carbocycles. The lowest BCUT2D eigenvalue weighted by Crippen LogP contribution is -2.01. The van der Waals surface area contributed by atoms with Gasteiger partial charge in [-0.3, -0.25) is 0 Å². The number of hydrogen-bond acceptors (Lipinski definition) is 3. The molecule has 0 radical (unpaired) electrons. The molecule has 0 saturated heterocycles. The number of aromatic nitrogens is 3. The van der Waals surface area contributed by atoms with E-state index in [1.165, 1.54) is 16.7 Å². The molecule has 4 nitrogen and oxygen atoms in total. The van der Waals surface area contributed by atoms with Crippen molar-refractivity contribution >= 4 is 0 Å². The van der Waals surface area contributed by atoms with Crippen molar-refractivity contribution in [2.45, 2.75) is 27.4 Å². The first kappa shape index (κ1) is 11.8. The minimum absolute atomic E-state index is 0.0898. The first-order valence-corrected chi connectivity index (χ1v) is 5.62. The van der Waals surface area contributed by atoms with Crippen molar-refractivity contribution in [3.05, 3.63) is 34.6 Å². The summed E-state index contributed by atoms with van der Waals surface area (Å²) in [7, 11) is 1.87. The van der Waals surface area contributed by atoms with E-state index in [0.717, 1.165) is 11.4 Å². The average Bonchev–Trinajstić information content (AvgIpc) is 2.59. The second kappa shape index (κ2) is 4.30. The first-order valence-electron chi connectivity index (χ1n) is 5.62. The summed E-state index contributed by atoms with van der Waals surface area (Å²) in [5, 5.41) is 17.3. The average molecular weight is 231 g/mol. The fraction of sp³-hybridized carbons (Fsp3) is 0.385. The number of aliphatic hydroxyl groups is 1. The van der Waals surface area contributed by atoms with Crippen LogP contribution in [0.5, 0.6) is 0 Å². The van der Waals surface area contributed by atoms with Crippen LogP contribution in [0, 0.1) is 20.8 Å². The summed E-state index contributed by atoms with van der Waals surface area (Å²) >= 11 is 0. The summed E-state index contributed by atoms with van der Waals surface area (Å²) in [6, 6.07) is 4.27. The smallest absolute Gasteiger partial charge is 0.164 e. The molecule has 0 spiro atoms. The molecule has 0 aliphatic rings. The molecule has 0 aliphatic heterocycles. The molecule has 1 heterocycles. The van der Waals surface area contributed by atoms with Gasteiger partial charge in [0.25, 0.3) is 0 Å². The highest BCUT2D eigenvalue weighted by atomic mass is 16.3. The lowest BCUT2D eigenvalue weighted by Gasteiger charge is -2.10. The quantitative estimate of drug-likeness (QED) is 0.858. The Hall–Kier alpha value is -1.68. The normalized spacial score (nSPS) is 10.9. The topological polar surface area (TPSA) is 50.9 Å². The van der Waals surface area contributed by atoms with Gasteiger partial charge in [-0.05, 0) is 31.9 Å². The van der Waals surface area contributed by atoms with Gasteiger partial charge in [0.2, 0.25) is 0 Å². The SMILES string of the molecule is Cc1cc(C)c(-c2nnc(CO)n2C)c(C)c1. The van der Waals surface area contributed by atoms with E-state index in [1.807, 2.05) is 11.6 Å². The lowest BCUT2D eigenvalue weighted by molar-refractivity contribution is 0.267. The number of aryl methyl sites for hydroxylation is 3. The summed E-state index contributed by atoms with van der Waals surface area (Å²) in [6.45, 7) is 6.14. The molecule has 1 aromatic carbocycles. The van der Waals surface area contributed by atoms with Crippen LogP contribution in [0.4, 0.5) is 0 Å². The van der Waals surface area contributed by atoms with E-state index in [-0.39, 0.29) is 6.61 Å². The molecule has 2 aromatic rings. The number of benzene rings is 1. The Morgan fingerprint density at radius 1 is 1.12 bits per heavy atom. The summed E-state index contributed by atoms with van der Waals surface area (Å²) in [5.41, 5.74) is 4.71. The van der Waals surface area contributed by atoms with Gasteiger partial charge in [0.15, 0.2) is 11.6 Å². The second-order valence-corrected chi connectivity index (χ2v) is 4.43. The van der Waals surface area contributed by atoms with Crippen LogP contribution in [0.3, 0.4) is 0 Å². The van der Waals surface area contributed by atoms with Gasteiger partial charge in [0.05, 0.1) is 0 Å².